The summed E-state index contributed by atoms with van der Waals surface area (Å²) in [5.74, 6) is 0.680. The molecule has 0 aliphatic rings. The third kappa shape index (κ3) is 4.29. The maximum atomic E-state index is 11.3. The van der Waals surface area contributed by atoms with E-state index in [-0.39, 0.29) is 19.6 Å². The van der Waals surface area contributed by atoms with Crippen LogP contribution < -0.4 is 10.5 Å². The smallest absolute Gasteiger partial charge is 0.225 e. The van der Waals surface area contributed by atoms with Crippen LogP contribution in [0, 0.1) is 0 Å². The number of carbonyl (C=O) groups is 1. The summed E-state index contributed by atoms with van der Waals surface area (Å²) in [7, 11) is 0. The van der Waals surface area contributed by atoms with Gasteiger partial charge in [-0.2, -0.15) is 0 Å². The van der Waals surface area contributed by atoms with E-state index in [1.54, 1.807) is 28.8 Å². The molecule has 3 aromatic rings. The van der Waals surface area contributed by atoms with Crippen LogP contribution in [0.5, 0.6) is 5.75 Å². The number of nitrogens with zero attached hydrogens (tertiary/aromatic N) is 2. The molecule has 0 saturated carbocycles. The van der Waals surface area contributed by atoms with Crippen LogP contribution >= 0.6 is 11.6 Å². The number of benzene rings is 2. The molecule has 0 spiro atoms. The minimum absolute atomic E-state index is 0.0133. The van der Waals surface area contributed by atoms with E-state index in [0.29, 0.717) is 16.6 Å². The highest BCUT2D eigenvalue weighted by Gasteiger charge is 2.16. The average Bonchev–Trinajstić information content (AvgIpc) is 2.91. The zero-order valence-corrected chi connectivity index (χ0v) is 14.2. The molecule has 1 heterocycles. The maximum Gasteiger partial charge on any atom is 0.225 e. The summed E-state index contributed by atoms with van der Waals surface area (Å²) in [5.41, 5.74) is 6.89. The minimum atomic E-state index is -0.778. The molecule has 0 fully saturated rings. The van der Waals surface area contributed by atoms with Crippen molar-refractivity contribution in [1.29, 1.82) is 0 Å². The molecule has 1 atom stereocenters. The van der Waals surface area contributed by atoms with Crippen molar-refractivity contribution in [3.63, 3.8) is 0 Å². The van der Waals surface area contributed by atoms with Crippen molar-refractivity contribution in [2.45, 2.75) is 19.1 Å². The number of aliphatic hydroxyl groups excluding tert-OH is 1. The Balaban J connectivity index is 1.74. The van der Waals surface area contributed by atoms with Gasteiger partial charge in [0.2, 0.25) is 5.91 Å². The molecule has 1 aromatic heterocycles. The van der Waals surface area contributed by atoms with E-state index < -0.39 is 12.0 Å². The predicted octanol–water partition coefficient (Wildman–Crippen LogP) is 2.16. The molecule has 3 N–H and O–H groups in total. The minimum Gasteiger partial charge on any atom is -0.491 e. The summed E-state index contributed by atoms with van der Waals surface area (Å²) in [6, 6.07) is 14.4. The van der Waals surface area contributed by atoms with Crippen molar-refractivity contribution in [2.24, 2.45) is 5.73 Å². The number of nitrogens with two attached hydrogens (primary N) is 1. The van der Waals surface area contributed by atoms with Gasteiger partial charge in [-0.25, -0.2) is 4.98 Å². The lowest BCUT2D eigenvalue weighted by Gasteiger charge is -2.15. The van der Waals surface area contributed by atoms with Gasteiger partial charge in [-0.15, -0.1) is 0 Å². The highest BCUT2D eigenvalue weighted by Crippen LogP contribution is 2.18. The topological polar surface area (TPSA) is 90.4 Å². The van der Waals surface area contributed by atoms with Gasteiger partial charge < -0.3 is 20.1 Å². The van der Waals surface area contributed by atoms with Crippen LogP contribution in [0.15, 0.2) is 48.5 Å². The number of fused-ring (bicyclic) bond motifs is 1. The molecule has 0 bridgehead atoms. The lowest BCUT2D eigenvalue weighted by Crippen LogP contribution is -2.26. The Morgan fingerprint density at radius 2 is 1.96 bits per heavy atom. The van der Waals surface area contributed by atoms with Crippen molar-refractivity contribution in [2.75, 3.05) is 6.61 Å². The number of imidazole rings is 1. The first kappa shape index (κ1) is 17.3. The summed E-state index contributed by atoms with van der Waals surface area (Å²) in [6.07, 6.45) is -0.765. The Kier molecular flexibility index (Phi) is 5.21. The lowest BCUT2D eigenvalue weighted by molar-refractivity contribution is -0.117. The Bertz CT molecular complexity index is 877. The number of hydrogen-bond donors (Lipinski definition) is 2. The number of hydrogen-bond acceptors (Lipinski definition) is 4. The molecule has 7 heteroatoms. The van der Waals surface area contributed by atoms with Crippen molar-refractivity contribution < 1.29 is 14.6 Å². The van der Waals surface area contributed by atoms with Gasteiger partial charge >= 0.3 is 0 Å². The summed E-state index contributed by atoms with van der Waals surface area (Å²) in [6.45, 7) is 0.348. The Labute approximate surface area is 149 Å². The molecule has 0 saturated heterocycles. The second-order valence-electron chi connectivity index (χ2n) is 5.69. The van der Waals surface area contributed by atoms with Gasteiger partial charge in [0.15, 0.2) is 0 Å². The van der Waals surface area contributed by atoms with Crippen LogP contribution in [0.2, 0.25) is 5.02 Å². The summed E-state index contributed by atoms with van der Waals surface area (Å²) in [5, 5.41) is 11.0. The van der Waals surface area contributed by atoms with Gasteiger partial charge in [0, 0.05) is 5.02 Å². The molecule has 0 aliphatic carbocycles. The van der Waals surface area contributed by atoms with E-state index in [1.807, 2.05) is 24.3 Å². The number of para-hydroxylation sites is 2. The standard InChI is InChI=1S/C18H18ClN3O3/c19-12-5-7-14(8-6-12)25-11-13(23)10-22-16-4-2-1-3-15(16)21-18(22)9-17(20)24/h1-8,13,23H,9-11H2,(H2,20,24). The van der Waals surface area contributed by atoms with E-state index in [4.69, 9.17) is 22.1 Å². The molecule has 130 valence electrons. The third-order valence-electron chi connectivity index (χ3n) is 3.72. The predicted molar refractivity (Wildman–Crippen MR) is 95.6 cm³/mol. The number of amides is 1. The number of carbonyl (C=O) groups excluding carboxylic acids is 1. The lowest BCUT2D eigenvalue weighted by atomic mass is 10.3. The average molecular weight is 360 g/mol. The summed E-state index contributed by atoms with van der Waals surface area (Å²) >= 11 is 5.83. The number of aliphatic hydroxyl groups is 1. The molecule has 6 nitrogen and oxygen atoms in total. The Morgan fingerprint density at radius 3 is 2.68 bits per heavy atom. The van der Waals surface area contributed by atoms with E-state index >= 15 is 0 Å². The van der Waals surface area contributed by atoms with Crippen LogP contribution in [-0.2, 0) is 17.8 Å². The highest BCUT2D eigenvalue weighted by atomic mass is 35.5. The molecule has 2 aromatic carbocycles. The van der Waals surface area contributed by atoms with Crippen LogP contribution in [0.1, 0.15) is 5.82 Å². The number of ether oxygens (including phenoxy) is 1. The Morgan fingerprint density at radius 1 is 1.24 bits per heavy atom. The monoisotopic (exact) mass is 359 g/mol. The van der Waals surface area contributed by atoms with Crippen LogP contribution in [-0.4, -0.2) is 33.3 Å². The molecule has 3 rings (SSSR count). The molecule has 0 aliphatic heterocycles. The molecular formula is C18H18ClN3O3. The van der Waals surface area contributed by atoms with Gasteiger partial charge in [-0.05, 0) is 36.4 Å². The number of primary amides is 1. The van der Waals surface area contributed by atoms with Crippen LogP contribution in [0.25, 0.3) is 11.0 Å². The summed E-state index contributed by atoms with van der Waals surface area (Å²) in [4.78, 5) is 15.7. The third-order valence-corrected chi connectivity index (χ3v) is 3.97. The molecule has 0 radical (unpaired) electrons. The van der Waals surface area contributed by atoms with Gasteiger partial charge in [0.25, 0.3) is 0 Å². The zero-order valence-electron chi connectivity index (χ0n) is 13.4. The van der Waals surface area contributed by atoms with Crippen molar-refractivity contribution in [3.8, 4) is 5.75 Å². The zero-order chi connectivity index (χ0) is 17.8. The number of rotatable bonds is 7. The van der Waals surface area contributed by atoms with Gasteiger partial charge in [-0.1, -0.05) is 23.7 Å². The molecule has 1 unspecified atom stereocenters. The van der Waals surface area contributed by atoms with Crippen molar-refractivity contribution in [1.82, 2.24) is 9.55 Å². The fourth-order valence-corrected chi connectivity index (χ4v) is 2.73. The Hall–Kier alpha value is -2.57. The van der Waals surface area contributed by atoms with Gasteiger partial charge in [0.05, 0.1) is 24.0 Å². The molecule has 1 amide bonds. The summed E-state index contributed by atoms with van der Waals surface area (Å²) < 4.78 is 7.37. The molecular weight excluding hydrogens is 342 g/mol. The fourth-order valence-electron chi connectivity index (χ4n) is 2.61. The SMILES string of the molecule is NC(=O)Cc1nc2ccccc2n1CC(O)COc1ccc(Cl)cc1. The van der Waals surface area contributed by atoms with Crippen LogP contribution in [0.4, 0.5) is 0 Å². The van der Waals surface area contributed by atoms with Crippen molar-refractivity contribution in [3.05, 3.63) is 59.4 Å². The van der Waals surface area contributed by atoms with E-state index in [2.05, 4.69) is 4.98 Å². The number of aromatic nitrogens is 2. The first-order valence-electron chi connectivity index (χ1n) is 7.82. The maximum absolute atomic E-state index is 11.3. The van der Waals surface area contributed by atoms with Crippen molar-refractivity contribution >= 4 is 28.5 Å². The van der Waals surface area contributed by atoms with E-state index in [1.165, 1.54) is 0 Å². The molecule has 25 heavy (non-hydrogen) atoms. The van der Waals surface area contributed by atoms with E-state index in [9.17, 15) is 9.90 Å². The second kappa shape index (κ2) is 7.55. The quantitative estimate of drug-likeness (QED) is 0.676. The van der Waals surface area contributed by atoms with Crippen LogP contribution in [0.3, 0.4) is 0 Å². The van der Waals surface area contributed by atoms with Gasteiger partial charge in [0.1, 0.15) is 24.3 Å². The van der Waals surface area contributed by atoms with E-state index in [0.717, 1.165) is 11.0 Å². The number of halogens is 1. The fraction of sp³-hybridized carbons (Fsp3) is 0.222. The second-order valence-corrected chi connectivity index (χ2v) is 6.13. The highest BCUT2D eigenvalue weighted by molar-refractivity contribution is 6.30. The first-order chi connectivity index (χ1) is 12.0. The first-order valence-corrected chi connectivity index (χ1v) is 8.19. The largest absolute Gasteiger partial charge is 0.491 e. The van der Waals surface area contributed by atoms with Gasteiger partial charge in [-0.3, -0.25) is 4.79 Å². The normalized spacial score (nSPS) is 12.2.